The van der Waals surface area contributed by atoms with Gasteiger partial charge in [-0.3, -0.25) is 9.59 Å². The number of thiophene rings is 1. The quantitative estimate of drug-likeness (QED) is 0.832. The standard InChI is InChI=1S/C12H13NO3S/c14-11(4-3-10-2-1-7-17-10)13-6-5-9(8-13)12(15)16/h1-4,7,9H,5-6,8H2,(H,15,16)/b4-3+/t9-/m0/s1. The van der Waals surface area contributed by atoms with Crippen molar-refractivity contribution in [1.82, 2.24) is 4.90 Å². The summed E-state index contributed by atoms with van der Waals surface area (Å²) >= 11 is 1.56. The number of carbonyl (C=O) groups is 2. The second-order valence-electron chi connectivity index (χ2n) is 3.96. The number of carbonyl (C=O) groups excluding carboxylic acids is 1. The van der Waals surface area contributed by atoms with E-state index in [0.717, 1.165) is 4.88 Å². The van der Waals surface area contributed by atoms with Crippen molar-refractivity contribution in [3.8, 4) is 0 Å². The van der Waals surface area contributed by atoms with Crippen molar-refractivity contribution in [3.63, 3.8) is 0 Å². The van der Waals surface area contributed by atoms with E-state index in [1.165, 1.54) is 6.08 Å². The lowest BCUT2D eigenvalue weighted by molar-refractivity contribution is -0.141. The van der Waals surface area contributed by atoms with Crippen LogP contribution in [0.1, 0.15) is 11.3 Å². The molecule has 1 atom stereocenters. The van der Waals surface area contributed by atoms with Crippen molar-refractivity contribution < 1.29 is 14.7 Å². The monoisotopic (exact) mass is 251 g/mol. The normalized spacial score (nSPS) is 20.0. The van der Waals surface area contributed by atoms with Gasteiger partial charge in [-0.2, -0.15) is 0 Å². The molecule has 1 saturated heterocycles. The van der Waals surface area contributed by atoms with Gasteiger partial charge < -0.3 is 10.0 Å². The Bertz CT molecular complexity index is 439. The summed E-state index contributed by atoms with van der Waals surface area (Å²) in [7, 11) is 0. The molecular weight excluding hydrogens is 238 g/mol. The SMILES string of the molecule is O=C(O)[C@H]1CCN(C(=O)/C=C/c2cccs2)C1. The van der Waals surface area contributed by atoms with Gasteiger partial charge in [0.1, 0.15) is 0 Å². The van der Waals surface area contributed by atoms with Crippen LogP contribution in [0, 0.1) is 5.92 Å². The fraction of sp³-hybridized carbons (Fsp3) is 0.333. The summed E-state index contributed by atoms with van der Waals surface area (Å²) in [5, 5.41) is 10.8. The predicted molar refractivity (Wildman–Crippen MR) is 65.7 cm³/mol. The molecule has 2 heterocycles. The lowest BCUT2D eigenvalue weighted by atomic mass is 10.1. The zero-order chi connectivity index (χ0) is 12.3. The third-order valence-electron chi connectivity index (χ3n) is 2.78. The van der Waals surface area contributed by atoms with Crippen LogP contribution in [0.5, 0.6) is 0 Å². The second-order valence-corrected chi connectivity index (χ2v) is 4.94. The van der Waals surface area contributed by atoms with E-state index in [9.17, 15) is 9.59 Å². The molecule has 0 saturated carbocycles. The first-order chi connectivity index (χ1) is 8.16. The Hall–Kier alpha value is -1.62. The fourth-order valence-corrected chi connectivity index (χ4v) is 2.42. The molecule has 0 aliphatic carbocycles. The number of amides is 1. The molecule has 1 aromatic heterocycles. The maximum Gasteiger partial charge on any atom is 0.308 e. The summed E-state index contributed by atoms with van der Waals surface area (Å²) in [6.45, 7) is 0.855. The average molecular weight is 251 g/mol. The number of aliphatic carboxylic acids is 1. The van der Waals surface area contributed by atoms with Gasteiger partial charge in [0.05, 0.1) is 5.92 Å². The van der Waals surface area contributed by atoms with Gasteiger partial charge in [0.2, 0.25) is 5.91 Å². The third-order valence-corrected chi connectivity index (χ3v) is 3.62. The highest BCUT2D eigenvalue weighted by Crippen LogP contribution is 2.17. The molecule has 1 aromatic rings. The highest BCUT2D eigenvalue weighted by molar-refractivity contribution is 7.10. The Labute approximate surface area is 103 Å². The van der Waals surface area contributed by atoms with Crippen molar-refractivity contribution in [3.05, 3.63) is 28.5 Å². The highest BCUT2D eigenvalue weighted by atomic mass is 32.1. The molecule has 1 aliphatic rings. The van der Waals surface area contributed by atoms with Gasteiger partial charge in [-0.25, -0.2) is 0 Å². The van der Waals surface area contributed by atoms with Gasteiger partial charge in [0.15, 0.2) is 0 Å². The van der Waals surface area contributed by atoms with Gasteiger partial charge in [0.25, 0.3) is 0 Å². The third kappa shape index (κ3) is 2.94. The lowest BCUT2D eigenvalue weighted by Crippen LogP contribution is -2.28. The summed E-state index contributed by atoms with van der Waals surface area (Å²) in [6.07, 6.45) is 3.82. The van der Waals surface area contributed by atoms with Gasteiger partial charge in [-0.15, -0.1) is 11.3 Å². The summed E-state index contributed by atoms with van der Waals surface area (Å²) in [5.74, 6) is -1.33. The van der Waals surface area contributed by atoms with Crippen LogP contribution in [-0.4, -0.2) is 35.0 Å². The Kier molecular flexibility index (Phi) is 3.58. The molecule has 0 bridgehead atoms. The topological polar surface area (TPSA) is 57.6 Å². The number of likely N-dealkylation sites (tertiary alicyclic amines) is 1. The van der Waals surface area contributed by atoms with Crippen LogP contribution in [0.4, 0.5) is 0 Å². The molecule has 0 unspecified atom stereocenters. The van der Waals surface area contributed by atoms with E-state index < -0.39 is 11.9 Å². The molecule has 1 fully saturated rings. The Morgan fingerprint density at radius 1 is 1.53 bits per heavy atom. The zero-order valence-corrected chi connectivity index (χ0v) is 10.0. The molecule has 1 N–H and O–H groups in total. The highest BCUT2D eigenvalue weighted by Gasteiger charge is 2.29. The van der Waals surface area contributed by atoms with E-state index in [4.69, 9.17) is 5.11 Å². The first kappa shape index (κ1) is 11.9. The Morgan fingerprint density at radius 3 is 2.94 bits per heavy atom. The maximum absolute atomic E-state index is 11.8. The molecule has 1 amide bonds. The van der Waals surface area contributed by atoms with E-state index in [1.54, 1.807) is 22.3 Å². The summed E-state index contributed by atoms with van der Waals surface area (Å²) < 4.78 is 0. The van der Waals surface area contributed by atoms with Crippen molar-refractivity contribution in [1.29, 1.82) is 0 Å². The number of carboxylic acids is 1. The first-order valence-corrected chi connectivity index (χ1v) is 6.28. The van der Waals surface area contributed by atoms with Crippen LogP contribution in [0.25, 0.3) is 6.08 Å². The molecule has 0 spiro atoms. The minimum Gasteiger partial charge on any atom is -0.481 e. The van der Waals surface area contributed by atoms with Gasteiger partial charge >= 0.3 is 5.97 Å². The molecular formula is C12H13NO3S. The maximum atomic E-state index is 11.8. The summed E-state index contributed by atoms with van der Waals surface area (Å²) in [5.41, 5.74) is 0. The van der Waals surface area contributed by atoms with Crippen molar-refractivity contribution in [2.24, 2.45) is 5.92 Å². The van der Waals surface area contributed by atoms with Crippen molar-refractivity contribution in [2.75, 3.05) is 13.1 Å². The summed E-state index contributed by atoms with van der Waals surface area (Å²) in [4.78, 5) is 25.1. The van der Waals surface area contributed by atoms with Gasteiger partial charge in [0, 0.05) is 24.0 Å². The van der Waals surface area contributed by atoms with E-state index in [-0.39, 0.29) is 5.91 Å². The fourth-order valence-electron chi connectivity index (χ4n) is 1.81. The summed E-state index contributed by atoms with van der Waals surface area (Å²) in [6, 6.07) is 3.85. The molecule has 0 aromatic carbocycles. The second kappa shape index (κ2) is 5.14. The zero-order valence-electron chi connectivity index (χ0n) is 9.20. The van der Waals surface area contributed by atoms with Crippen LogP contribution in [0.2, 0.25) is 0 Å². The lowest BCUT2D eigenvalue weighted by Gasteiger charge is -2.12. The van der Waals surface area contributed by atoms with Crippen LogP contribution in [0.3, 0.4) is 0 Å². The molecule has 1 aliphatic heterocycles. The minimum absolute atomic E-state index is 0.109. The van der Waals surface area contributed by atoms with Crippen LogP contribution >= 0.6 is 11.3 Å². The van der Waals surface area contributed by atoms with E-state index in [1.807, 2.05) is 17.5 Å². The Morgan fingerprint density at radius 2 is 2.35 bits per heavy atom. The minimum atomic E-state index is -0.817. The van der Waals surface area contributed by atoms with Gasteiger partial charge in [-0.1, -0.05) is 6.07 Å². The first-order valence-electron chi connectivity index (χ1n) is 5.40. The number of nitrogens with zero attached hydrogens (tertiary/aromatic N) is 1. The van der Waals surface area contributed by atoms with E-state index >= 15 is 0 Å². The average Bonchev–Trinajstić information content (AvgIpc) is 2.96. The van der Waals surface area contributed by atoms with Crippen LogP contribution in [-0.2, 0) is 9.59 Å². The molecule has 5 heteroatoms. The number of carboxylic acid groups (broad SMARTS) is 1. The van der Waals surface area contributed by atoms with Crippen LogP contribution < -0.4 is 0 Å². The van der Waals surface area contributed by atoms with E-state index in [0.29, 0.717) is 19.5 Å². The smallest absolute Gasteiger partial charge is 0.308 e. The number of rotatable bonds is 3. The largest absolute Gasteiger partial charge is 0.481 e. The molecule has 2 rings (SSSR count). The number of hydrogen-bond acceptors (Lipinski definition) is 3. The van der Waals surface area contributed by atoms with Gasteiger partial charge in [-0.05, 0) is 23.9 Å². The molecule has 0 radical (unpaired) electrons. The van der Waals surface area contributed by atoms with Crippen molar-refractivity contribution >= 4 is 29.3 Å². The Balaban J connectivity index is 1.91. The van der Waals surface area contributed by atoms with Crippen molar-refractivity contribution in [2.45, 2.75) is 6.42 Å². The molecule has 90 valence electrons. The molecule has 4 nitrogen and oxygen atoms in total. The number of hydrogen-bond donors (Lipinski definition) is 1. The predicted octanol–water partition coefficient (Wildman–Crippen LogP) is 1.69. The van der Waals surface area contributed by atoms with Crippen LogP contribution in [0.15, 0.2) is 23.6 Å². The van der Waals surface area contributed by atoms with E-state index in [2.05, 4.69) is 0 Å². The molecule has 17 heavy (non-hydrogen) atoms.